The van der Waals surface area contributed by atoms with Gasteiger partial charge in [0.1, 0.15) is 11.8 Å². The molecule has 1 aliphatic rings. The van der Waals surface area contributed by atoms with Crippen LogP contribution in [0, 0.1) is 0 Å². The first-order valence-electron chi connectivity index (χ1n) is 8.40. The summed E-state index contributed by atoms with van der Waals surface area (Å²) in [5, 5.41) is 4.77. The van der Waals surface area contributed by atoms with Crippen molar-refractivity contribution in [2.45, 2.75) is 13.0 Å². The monoisotopic (exact) mass is 346 g/mol. The summed E-state index contributed by atoms with van der Waals surface area (Å²) < 4.78 is 5.12. The number of hydrogen-bond donors (Lipinski definition) is 1. The Morgan fingerprint density at radius 2 is 1.73 bits per heavy atom. The molecule has 5 heteroatoms. The number of anilines is 2. The van der Waals surface area contributed by atoms with Crippen LogP contribution in [-0.2, 0) is 4.79 Å². The van der Waals surface area contributed by atoms with Crippen molar-refractivity contribution in [2.75, 3.05) is 17.3 Å². The highest BCUT2D eigenvalue weighted by molar-refractivity contribution is 6.26. The fourth-order valence-electron chi connectivity index (χ4n) is 3.36. The molecular weight excluding hydrogens is 328 g/mol. The molecule has 1 heterocycles. The van der Waals surface area contributed by atoms with Crippen LogP contribution in [-0.4, -0.2) is 25.0 Å². The Bertz CT molecular complexity index is 1010. The summed E-state index contributed by atoms with van der Waals surface area (Å²) in [4.78, 5) is 27.2. The normalized spacial score (nSPS) is 13.8. The Morgan fingerprint density at radius 1 is 1.04 bits per heavy atom. The van der Waals surface area contributed by atoms with Crippen molar-refractivity contribution in [3.05, 3.63) is 66.2 Å². The molecule has 4 rings (SSSR count). The molecule has 130 valence electrons. The van der Waals surface area contributed by atoms with Gasteiger partial charge in [0.05, 0.1) is 12.8 Å². The Hall–Kier alpha value is -3.34. The third-order valence-corrected chi connectivity index (χ3v) is 4.72. The van der Waals surface area contributed by atoms with E-state index in [1.54, 1.807) is 43.2 Å². The molecule has 1 aliphatic heterocycles. The lowest BCUT2D eigenvalue weighted by molar-refractivity contribution is -0.117. The second-order valence-corrected chi connectivity index (χ2v) is 6.25. The minimum atomic E-state index is -0.636. The van der Waals surface area contributed by atoms with Crippen LogP contribution in [0.25, 0.3) is 10.8 Å². The van der Waals surface area contributed by atoms with Gasteiger partial charge in [0.2, 0.25) is 5.91 Å². The van der Waals surface area contributed by atoms with Crippen molar-refractivity contribution < 1.29 is 14.3 Å². The van der Waals surface area contributed by atoms with E-state index in [9.17, 15) is 9.59 Å². The Balaban J connectivity index is 1.62. The van der Waals surface area contributed by atoms with E-state index in [4.69, 9.17) is 4.74 Å². The van der Waals surface area contributed by atoms with Gasteiger partial charge in [-0.25, -0.2) is 0 Å². The maximum absolute atomic E-state index is 12.9. The number of ether oxygens (including phenoxy) is 1. The maximum atomic E-state index is 12.9. The van der Waals surface area contributed by atoms with E-state index in [1.165, 1.54) is 0 Å². The second kappa shape index (κ2) is 6.19. The number of nitrogens with one attached hydrogen (secondary N) is 1. The van der Waals surface area contributed by atoms with Crippen LogP contribution < -0.4 is 15.0 Å². The minimum absolute atomic E-state index is 0.144. The maximum Gasteiger partial charge on any atom is 0.259 e. The van der Waals surface area contributed by atoms with Crippen molar-refractivity contribution in [2.24, 2.45) is 0 Å². The summed E-state index contributed by atoms with van der Waals surface area (Å²) in [5.74, 6) is 0.329. The van der Waals surface area contributed by atoms with Crippen molar-refractivity contribution in [3.8, 4) is 5.75 Å². The summed E-state index contributed by atoms with van der Waals surface area (Å²) in [6.45, 7) is 1.74. The summed E-state index contributed by atoms with van der Waals surface area (Å²) in [7, 11) is 1.59. The summed E-state index contributed by atoms with van der Waals surface area (Å²) in [5.41, 5.74) is 2.08. The highest BCUT2D eigenvalue weighted by Gasteiger charge is 2.35. The molecule has 0 radical (unpaired) electrons. The van der Waals surface area contributed by atoms with Crippen molar-refractivity contribution in [1.29, 1.82) is 0 Å². The molecule has 0 bridgehead atoms. The highest BCUT2D eigenvalue weighted by Crippen LogP contribution is 2.38. The van der Waals surface area contributed by atoms with Crippen LogP contribution in [0.15, 0.2) is 60.7 Å². The standard InChI is InChI=1S/C21H18N2O3/c1-13(20(24)22-15-9-11-16(26-2)12-10-15)23-18-8-4-6-14-5-3-7-17(19(14)18)21(23)25/h3-13H,1-2H3,(H,22,24)/t13-/m0/s1. The van der Waals surface area contributed by atoms with Crippen LogP contribution in [0.4, 0.5) is 11.4 Å². The lowest BCUT2D eigenvalue weighted by Gasteiger charge is -2.24. The van der Waals surface area contributed by atoms with Crippen LogP contribution in [0.5, 0.6) is 5.75 Å². The molecule has 1 atom stereocenters. The van der Waals surface area contributed by atoms with E-state index in [-0.39, 0.29) is 11.8 Å². The fourth-order valence-corrected chi connectivity index (χ4v) is 3.36. The molecule has 0 saturated heterocycles. The lowest BCUT2D eigenvalue weighted by Crippen LogP contribution is -2.44. The first-order chi connectivity index (χ1) is 12.6. The molecular formula is C21H18N2O3. The number of rotatable bonds is 4. The Kier molecular flexibility index (Phi) is 3.84. The van der Waals surface area contributed by atoms with Gasteiger partial charge in [0.15, 0.2) is 0 Å². The van der Waals surface area contributed by atoms with E-state index in [1.807, 2.05) is 36.4 Å². The Labute approximate surface area is 151 Å². The Morgan fingerprint density at radius 3 is 2.42 bits per heavy atom. The third kappa shape index (κ3) is 2.49. The molecule has 0 saturated carbocycles. The van der Waals surface area contributed by atoms with Crippen molar-refractivity contribution in [1.82, 2.24) is 0 Å². The van der Waals surface area contributed by atoms with Gasteiger partial charge in [0.25, 0.3) is 5.91 Å². The van der Waals surface area contributed by atoms with Gasteiger partial charge in [-0.05, 0) is 48.7 Å². The average Bonchev–Trinajstić information content (AvgIpc) is 2.96. The third-order valence-electron chi connectivity index (χ3n) is 4.72. The molecule has 0 spiro atoms. The first-order valence-corrected chi connectivity index (χ1v) is 8.40. The number of hydrogen-bond acceptors (Lipinski definition) is 3. The predicted octanol–water partition coefficient (Wildman–Crippen LogP) is 3.84. The molecule has 26 heavy (non-hydrogen) atoms. The topological polar surface area (TPSA) is 58.6 Å². The lowest BCUT2D eigenvalue weighted by atomic mass is 10.1. The number of carbonyl (C=O) groups is 2. The van der Waals surface area contributed by atoms with Crippen LogP contribution in [0.2, 0.25) is 0 Å². The zero-order chi connectivity index (χ0) is 18.3. The predicted molar refractivity (Wildman–Crippen MR) is 102 cm³/mol. The molecule has 1 N–H and O–H groups in total. The number of amides is 2. The zero-order valence-electron chi connectivity index (χ0n) is 14.5. The van der Waals surface area contributed by atoms with E-state index in [2.05, 4.69) is 5.32 Å². The molecule has 0 unspecified atom stereocenters. The van der Waals surface area contributed by atoms with E-state index in [0.29, 0.717) is 17.0 Å². The molecule has 0 fully saturated rings. The largest absolute Gasteiger partial charge is 0.497 e. The van der Waals surface area contributed by atoms with Gasteiger partial charge in [-0.15, -0.1) is 0 Å². The number of carbonyl (C=O) groups excluding carboxylic acids is 2. The minimum Gasteiger partial charge on any atom is -0.497 e. The second-order valence-electron chi connectivity index (χ2n) is 6.25. The zero-order valence-corrected chi connectivity index (χ0v) is 14.5. The van der Waals surface area contributed by atoms with Gasteiger partial charge in [-0.1, -0.05) is 24.3 Å². The highest BCUT2D eigenvalue weighted by atomic mass is 16.5. The van der Waals surface area contributed by atoms with Gasteiger partial charge in [-0.3, -0.25) is 14.5 Å². The van der Waals surface area contributed by atoms with E-state index < -0.39 is 6.04 Å². The van der Waals surface area contributed by atoms with Crippen LogP contribution >= 0.6 is 0 Å². The molecule has 3 aromatic carbocycles. The summed E-state index contributed by atoms with van der Waals surface area (Å²) in [6, 6.07) is 17.9. The van der Waals surface area contributed by atoms with Gasteiger partial charge < -0.3 is 10.1 Å². The SMILES string of the molecule is COc1ccc(NC(=O)[C@H](C)N2C(=O)c3cccc4cccc2c34)cc1. The molecule has 0 aliphatic carbocycles. The van der Waals surface area contributed by atoms with Crippen molar-refractivity contribution in [3.63, 3.8) is 0 Å². The molecule has 5 nitrogen and oxygen atoms in total. The van der Waals surface area contributed by atoms with Gasteiger partial charge in [-0.2, -0.15) is 0 Å². The number of benzene rings is 3. The van der Waals surface area contributed by atoms with Crippen molar-refractivity contribution >= 4 is 34.0 Å². The van der Waals surface area contributed by atoms with E-state index >= 15 is 0 Å². The van der Waals surface area contributed by atoms with E-state index in [0.717, 1.165) is 16.5 Å². The average molecular weight is 346 g/mol. The smallest absolute Gasteiger partial charge is 0.259 e. The first kappa shape index (κ1) is 16.1. The van der Waals surface area contributed by atoms with Crippen LogP contribution in [0.1, 0.15) is 17.3 Å². The fraction of sp³-hybridized carbons (Fsp3) is 0.143. The molecule has 3 aromatic rings. The molecule has 0 aromatic heterocycles. The summed E-state index contributed by atoms with van der Waals surface area (Å²) in [6.07, 6.45) is 0. The number of nitrogens with zero attached hydrogens (tertiary/aromatic N) is 1. The molecule has 2 amide bonds. The van der Waals surface area contributed by atoms with Crippen LogP contribution in [0.3, 0.4) is 0 Å². The number of methoxy groups -OCH3 is 1. The quantitative estimate of drug-likeness (QED) is 0.781. The van der Waals surface area contributed by atoms with Gasteiger partial charge >= 0.3 is 0 Å². The van der Waals surface area contributed by atoms with Gasteiger partial charge in [0, 0.05) is 16.6 Å². The summed E-state index contributed by atoms with van der Waals surface area (Å²) >= 11 is 0.